The van der Waals surface area contributed by atoms with Gasteiger partial charge in [-0.3, -0.25) is 0 Å². The molecule has 0 aliphatic rings. The summed E-state index contributed by atoms with van der Waals surface area (Å²) in [5.74, 6) is 0.901. The molecule has 2 aromatic rings. The normalized spacial score (nSPS) is 13.1. The van der Waals surface area contributed by atoms with Crippen LogP contribution in [0.2, 0.25) is 0 Å². The third kappa shape index (κ3) is 6.62. The van der Waals surface area contributed by atoms with Crippen molar-refractivity contribution in [3.05, 3.63) is 58.7 Å². The van der Waals surface area contributed by atoms with E-state index in [0.29, 0.717) is 35.7 Å². The minimum absolute atomic E-state index is 0.168. The van der Waals surface area contributed by atoms with Crippen LogP contribution in [0.25, 0.3) is 0 Å². The third-order valence-corrected chi connectivity index (χ3v) is 6.22. The van der Waals surface area contributed by atoms with Crippen molar-refractivity contribution in [3.63, 3.8) is 0 Å². The number of ether oxygens (including phenoxy) is 2. The third-order valence-electron chi connectivity index (χ3n) is 6.22. The fourth-order valence-corrected chi connectivity index (χ4v) is 3.75. The van der Waals surface area contributed by atoms with E-state index in [4.69, 9.17) is 9.47 Å². The predicted molar refractivity (Wildman–Crippen MR) is 119 cm³/mol. The van der Waals surface area contributed by atoms with Crippen LogP contribution in [0.1, 0.15) is 55.9 Å². The van der Waals surface area contributed by atoms with Gasteiger partial charge in [-0.15, -0.1) is 0 Å². The molecule has 0 saturated carbocycles. The number of rotatable bonds is 12. The Bertz CT molecular complexity index is 894. The van der Waals surface area contributed by atoms with Gasteiger partial charge in [0.25, 0.3) is 0 Å². The van der Waals surface area contributed by atoms with E-state index < -0.39 is 18.9 Å². The largest absolute Gasteiger partial charge is 0.493 e. The molecule has 33 heavy (non-hydrogen) atoms. The molecule has 0 bridgehead atoms. The fraction of sp³-hybridized carbons (Fsp3) is 0.520. The monoisotopic (exact) mass is 470 g/mol. The second-order valence-corrected chi connectivity index (χ2v) is 8.07. The second-order valence-electron chi connectivity index (χ2n) is 8.07. The summed E-state index contributed by atoms with van der Waals surface area (Å²) in [4.78, 5) is 0. The van der Waals surface area contributed by atoms with Crippen LogP contribution in [-0.2, 0) is 25.0 Å². The first-order chi connectivity index (χ1) is 15.6. The number of aryl methyl sites for hydroxylation is 1. The molecule has 0 fully saturated rings. The molecule has 1 unspecified atom stereocenters. The first-order valence-corrected chi connectivity index (χ1v) is 11.1. The molecule has 0 spiro atoms. The van der Waals surface area contributed by atoms with Crippen LogP contribution in [0.3, 0.4) is 0 Å². The minimum atomic E-state index is -4.73. The molecular weight excluding hydrogens is 437 g/mol. The van der Waals surface area contributed by atoms with Crippen molar-refractivity contribution >= 4 is 0 Å². The Morgan fingerprint density at radius 3 is 2.06 bits per heavy atom. The molecule has 184 valence electrons. The number of hydrogen-bond donors (Lipinski definition) is 3. The molecule has 0 aliphatic heterocycles. The molecule has 0 amide bonds. The van der Waals surface area contributed by atoms with E-state index in [9.17, 15) is 28.5 Å². The lowest BCUT2D eigenvalue weighted by Crippen LogP contribution is -2.34. The average molecular weight is 471 g/mol. The Labute approximate surface area is 192 Å². The molecule has 0 saturated heterocycles. The van der Waals surface area contributed by atoms with Gasteiger partial charge < -0.3 is 24.8 Å². The highest BCUT2D eigenvalue weighted by atomic mass is 19.4. The Hall–Kier alpha value is -2.29. The summed E-state index contributed by atoms with van der Waals surface area (Å²) in [6.07, 6.45) is -5.18. The van der Waals surface area contributed by atoms with E-state index in [1.165, 1.54) is 0 Å². The molecule has 0 radical (unpaired) electrons. The van der Waals surface area contributed by atoms with Gasteiger partial charge in [0, 0.05) is 5.41 Å². The van der Waals surface area contributed by atoms with Gasteiger partial charge in [0.2, 0.25) is 0 Å². The van der Waals surface area contributed by atoms with Crippen LogP contribution in [0, 0.1) is 0 Å². The van der Waals surface area contributed by atoms with E-state index in [1.807, 2.05) is 19.1 Å². The van der Waals surface area contributed by atoms with Crippen molar-refractivity contribution in [1.82, 2.24) is 0 Å². The topological polar surface area (TPSA) is 79.2 Å². The van der Waals surface area contributed by atoms with Gasteiger partial charge in [0.15, 0.2) is 6.10 Å². The Kier molecular flexibility index (Phi) is 9.57. The molecule has 0 aliphatic carbocycles. The average Bonchev–Trinajstić information content (AvgIpc) is 2.82. The Balaban J connectivity index is 2.24. The van der Waals surface area contributed by atoms with Gasteiger partial charge in [-0.2, -0.15) is 13.2 Å². The van der Waals surface area contributed by atoms with E-state index in [1.54, 1.807) is 24.3 Å². The summed E-state index contributed by atoms with van der Waals surface area (Å²) < 4.78 is 49.1. The van der Waals surface area contributed by atoms with Crippen LogP contribution in [0.4, 0.5) is 13.2 Å². The highest BCUT2D eigenvalue weighted by Crippen LogP contribution is 2.36. The van der Waals surface area contributed by atoms with Gasteiger partial charge in [-0.1, -0.05) is 39.0 Å². The lowest BCUT2D eigenvalue weighted by molar-refractivity contribution is -0.210. The van der Waals surface area contributed by atoms with Gasteiger partial charge >= 0.3 is 6.18 Å². The molecule has 0 heterocycles. The minimum Gasteiger partial charge on any atom is -0.493 e. The van der Waals surface area contributed by atoms with Gasteiger partial charge in [-0.05, 0) is 59.7 Å². The number of hydrogen-bond acceptors (Lipinski definition) is 5. The van der Waals surface area contributed by atoms with E-state index in [-0.39, 0.29) is 18.6 Å². The molecule has 2 aromatic carbocycles. The number of alkyl halides is 3. The molecule has 5 nitrogen and oxygen atoms in total. The molecule has 0 aromatic heterocycles. The standard InChI is InChI=1S/C25H33F3O5/c1-4-17-11-20(8-10-22(17)32-15-23(31)25(26,27)28)24(5-2,6-3)16-33-21-9-7-18(13-29)19(12-21)14-30/h7-12,23,29-31H,4-6,13-16H2,1-3H3. The fourth-order valence-electron chi connectivity index (χ4n) is 3.75. The van der Waals surface area contributed by atoms with Crippen molar-refractivity contribution < 1.29 is 38.0 Å². The maximum Gasteiger partial charge on any atom is 0.417 e. The Morgan fingerprint density at radius 1 is 0.848 bits per heavy atom. The zero-order valence-electron chi connectivity index (χ0n) is 19.3. The molecule has 2 rings (SSSR count). The van der Waals surface area contributed by atoms with Crippen molar-refractivity contribution in [2.24, 2.45) is 0 Å². The first-order valence-electron chi connectivity index (χ1n) is 11.1. The molecule has 1 atom stereocenters. The SMILES string of the molecule is CCc1cc(C(CC)(CC)COc2ccc(CO)c(CO)c2)ccc1OCC(O)C(F)(F)F. The second kappa shape index (κ2) is 11.7. The molecule has 3 N–H and O–H groups in total. The first kappa shape index (κ1) is 27.0. The number of aliphatic hydroxyl groups excluding tert-OH is 3. The highest BCUT2D eigenvalue weighted by molar-refractivity contribution is 5.41. The zero-order valence-corrected chi connectivity index (χ0v) is 19.3. The van der Waals surface area contributed by atoms with Gasteiger partial charge in [0.1, 0.15) is 18.1 Å². The highest BCUT2D eigenvalue weighted by Gasteiger charge is 2.39. The molecular formula is C25H33F3O5. The van der Waals surface area contributed by atoms with Gasteiger partial charge in [0.05, 0.1) is 19.8 Å². The van der Waals surface area contributed by atoms with E-state index in [0.717, 1.165) is 24.0 Å². The van der Waals surface area contributed by atoms with Crippen LogP contribution in [0.5, 0.6) is 11.5 Å². The summed E-state index contributed by atoms with van der Waals surface area (Å²) in [5, 5.41) is 28.1. The van der Waals surface area contributed by atoms with Crippen molar-refractivity contribution in [2.45, 2.75) is 70.9 Å². The van der Waals surface area contributed by atoms with Crippen molar-refractivity contribution in [3.8, 4) is 11.5 Å². The molecule has 8 heteroatoms. The van der Waals surface area contributed by atoms with Crippen LogP contribution in [-0.4, -0.2) is 40.8 Å². The smallest absolute Gasteiger partial charge is 0.417 e. The maximum atomic E-state index is 12.6. The van der Waals surface area contributed by atoms with E-state index >= 15 is 0 Å². The predicted octanol–water partition coefficient (Wildman–Crippen LogP) is 4.67. The number of aliphatic hydroxyl groups is 3. The van der Waals surface area contributed by atoms with Crippen molar-refractivity contribution in [2.75, 3.05) is 13.2 Å². The van der Waals surface area contributed by atoms with E-state index in [2.05, 4.69) is 13.8 Å². The summed E-state index contributed by atoms with van der Waals surface area (Å²) in [6, 6.07) is 10.6. The lowest BCUT2D eigenvalue weighted by atomic mass is 9.76. The summed E-state index contributed by atoms with van der Waals surface area (Å²) in [7, 11) is 0. The maximum absolute atomic E-state index is 12.6. The van der Waals surface area contributed by atoms with Gasteiger partial charge in [-0.25, -0.2) is 0 Å². The summed E-state index contributed by atoms with van der Waals surface area (Å²) in [5.41, 5.74) is 2.64. The van der Waals surface area contributed by atoms with Crippen LogP contribution < -0.4 is 9.47 Å². The summed E-state index contributed by atoms with van der Waals surface area (Å²) >= 11 is 0. The summed E-state index contributed by atoms with van der Waals surface area (Å²) in [6.45, 7) is 5.12. The Morgan fingerprint density at radius 2 is 1.52 bits per heavy atom. The number of halogens is 3. The van der Waals surface area contributed by atoms with Crippen molar-refractivity contribution in [1.29, 1.82) is 0 Å². The number of benzene rings is 2. The quantitative estimate of drug-likeness (QED) is 0.420. The zero-order chi connectivity index (χ0) is 24.6. The van der Waals surface area contributed by atoms with Crippen LogP contribution >= 0.6 is 0 Å². The van der Waals surface area contributed by atoms with Crippen LogP contribution in [0.15, 0.2) is 36.4 Å². The lowest BCUT2D eigenvalue weighted by Gasteiger charge is -2.33.